The minimum Gasteiger partial charge on any atom is -0.319 e. The van der Waals surface area contributed by atoms with E-state index in [1.54, 1.807) is 12.1 Å². The molecule has 0 aliphatic rings. The van der Waals surface area contributed by atoms with Gasteiger partial charge in [-0.1, -0.05) is 29.5 Å². The van der Waals surface area contributed by atoms with Crippen LogP contribution in [0.3, 0.4) is 0 Å². The second-order valence-electron chi connectivity index (χ2n) is 5.68. The third-order valence-corrected chi connectivity index (χ3v) is 4.80. The Morgan fingerprint density at radius 2 is 1.91 bits per heavy atom. The Hall–Kier alpha value is -2.27. The molecule has 0 aliphatic heterocycles. The number of halogens is 1. The molecule has 3 aromatic rings. The molecule has 0 N–H and O–H groups in total. The van der Waals surface area contributed by atoms with Crippen LogP contribution in [0.1, 0.15) is 16.7 Å². The van der Waals surface area contributed by atoms with E-state index >= 15 is 0 Å². The summed E-state index contributed by atoms with van der Waals surface area (Å²) in [5.74, 6) is -0.534. The molecule has 23 heavy (non-hydrogen) atoms. The van der Waals surface area contributed by atoms with Gasteiger partial charge in [-0.15, -0.1) is 0 Å². The van der Waals surface area contributed by atoms with Crippen LogP contribution in [0.5, 0.6) is 0 Å². The van der Waals surface area contributed by atoms with Crippen molar-refractivity contribution in [3.63, 3.8) is 0 Å². The van der Waals surface area contributed by atoms with Crippen LogP contribution in [0.4, 0.5) is 4.39 Å². The highest BCUT2D eigenvalue weighted by Crippen LogP contribution is 2.22. The highest BCUT2D eigenvalue weighted by atomic mass is 32.1. The van der Waals surface area contributed by atoms with Gasteiger partial charge >= 0.3 is 0 Å². The lowest BCUT2D eigenvalue weighted by Gasteiger charge is -2.01. The topological polar surface area (TPSA) is 34.4 Å². The maximum atomic E-state index is 12.9. The summed E-state index contributed by atoms with van der Waals surface area (Å²) < 4.78 is 16.0. The maximum Gasteiger partial charge on any atom is 0.252 e. The Labute approximate surface area is 137 Å². The molecule has 0 saturated carbocycles. The van der Waals surface area contributed by atoms with E-state index in [4.69, 9.17) is 0 Å². The molecule has 3 rings (SSSR count). The highest BCUT2D eigenvalue weighted by molar-refractivity contribution is 7.16. The van der Waals surface area contributed by atoms with Gasteiger partial charge in [0.1, 0.15) is 5.82 Å². The van der Waals surface area contributed by atoms with Crippen molar-refractivity contribution in [2.75, 3.05) is 0 Å². The Morgan fingerprint density at radius 1 is 1.22 bits per heavy atom. The number of aromatic nitrogens is 1. The van der Waals surface area contributed by atoms with E-state index in [1.807, 2.05) is 11.6 Å². The average Bonchev–Trinajstić information content (AvgIpc) is 2.77. The van der Waals surface area contributed by atoms with Gasteiger partial charge in [0.2, 0.25) is 0 Å². The van der Waals surface area contributed by atoms with E-state index in [2.05, 4.69) is 31.0 Å². The first-order chi connectivity index (χ1) is 10.9. The molecule has 0 atom stereocenters. The Balaban J connectivity index is 1.97. The zero-order valence-corrected chi connectivity index (χ0v) is 14.1. The molecule has 0 unspecified atom stereocenters. The molecule has 2 aromatic carbocycles. The van der Waals surface area contributed by atoms with Gasteiger partial charge in [-0.05, 0) is 48.7 Å². The lowest BCUT2D eigenvalue weighted by atomic mass is 10.1. The quantitative estimate of drug-likeness (QED) is 0.707. The van der Waals surface area contributed by atoms with Crippen LogP contribution in [0.15, 0.2) is 41.4 Å². The van der Waals surface area contributed by atoms with Crippen molar-refractivity contribution in [1.82, 2.24) is 4.57 Å². The smallest absolute Gasteiger partial charge is 0.252 e. The van der Waals surface area contributed by atoms with Crippen molar-refractivity contribution in [3.05, 3.63) is 63.7 Å². The van der Waals surface area contributed by atoms with Crippen molar-refractivity contribution in [2.45, 2.75) is 20.3 Å². The first-order valence-electron chi connectivity index (χ1n) is 7.33. The molecule has 0 aliphatic carbocycles. The van der Waals surface area contributed by atoms with Crippen LogP contribution in [0.25, 0.3) is 10.2 Å². The number of aryl methyl sites for hydroxylation is 3. The fraction of sp³-hybridized carbons (Fsp3) is 0.222. The third kappa shape index (κ3) is 3.24. The molecule has 1 amide bonds. The number of thiazole rings is 1. The number of hydrogen-bond donors (Lipinski definition) is 0. The van der Waals surface area contributed by atoms with E-state index < -0.39 is 0 Å². The number of nitrogens with zero attached hydrogens (tertiary/aromatic N) is 2. The van der Waals surface area contributed by atoms with E-state index in [1.165, 1.54) is 34.6 Å². The van der Waals surface area contributed by atoms with Gasteiger partial charge in [0.15, 0.2) is 4.80 Å². The van der Waals surface area contributed by atoms with Crippen molar-refractivity contribution in [2.24, 2.45) is 12.0 Å². The van der Waals surface area contributed by atoms with Crippen LogP contribution < -0.4 is 4.80 Å². The summed E-state index contributed by atoms with van der Waals surface area (Å²) in [4.78, 5) is 17.1. The van der Waals surface area contributed by atoms with E-state index in [0.717, 1.165) is 15.8 Å². The number of amides is 1. The molecule has 0 radical (unpaired) electrons. The summed E-state index contributed by atoms with van der Waals surface area (Å²) in [7, 11) is 1.92. The number of carbonyl (C=O) groups is 1. The minimum atomic E-state index is -0.306. The average molecular weight is 328 g/mol. The van der Waals surface area contributed by atoms with Gasteiger partial charge in [0.05, 0.1) is 16.6 Å². The number of benzene rings is 2. The largest absolute Gasteiger partial charge is 0.319 e. The molecular formula is C18H17FN2OS. The van der Waals surface area contributed by atoms with Gasteiger partial charge in [-0.2, -0.15) is 4.99 Å². The number of rotatable bonds is 2. The summed E-state index contributed by atoms with van der Waals surface area (Å²) >= 11 is 1.51. The molecule has 1 aromatic heterocycles. The normalized spacial score (nSPS) is 12.1. The molecule has 5 heteroatoms. The molecule has 0 saturated heterocycles. The van der Waals surface area contributed by atoms with Crippen LogP contribution in [-0.4, -0.2) is 10.5 Å². The van der Waals surface area contributed by atoms with E-state index in [0.29, 0.717) is 4.80 Å². The molecule has 118 valence electrons. The number of fused-ring (bicyclic) bond motifs is 1. The Bertz CT molecular complexity index is 952. The monoisotopic (exact) mass is 328 g/mol. The summed E-state index contributed by atoms with van der Waals surface area (Å²) in [6.45, 7) is 4.12. The first kappa shape index (κ1) is 15.6. The first-order valence-corrected chi connectivity index (χ1v) is 8.14. The fourth-order valence-electron chi connectivity index (χ4n) is 2.71. The molecule has 1 heterocycles. The van der Waals surface area contributed by atoms with E-state index in [-0.39, 0.29) is 18.1 Å². The fourth-order valence-corrected chi connectivity index (χ4v) is 3.92. The van der Waals surface area contributed by atoms with Crippen molar-refractivity contribution in [3.8, 4) is 0 Å². The predicted octanol–water partition coefficient (Wildman–Crippen LogP) is 3.67. The van der Waals surface area contributed by atoms with Crippen LogP contribution >= 0.6 is 11.3 Å². The number of carbonyl (C=O) groups excluding carboxylic acids is 1. The summed E-state index contributed by atoms with van der Waals surface area (Å²) in [6, 6.07) is 10.2. The molecular weight excluding hydrogens is 311 g/mol. The van der Waals surface area contributed by atoms with Crippen molar-refractivity contribution in [1.29, 1.82) is 0 Å². The van der Waals surface area contributed by atoms with Gasteiger partial charge < -0.3 is 4.57 Å². The van der Waals surface area contributed by atoms with E-state index in [9.17, 15) is 9.18 Å². The Kier molecular flexibility index (Phi) is 4.13. The van der Waals surface area contributed by atoms with Crippen molar-refractivity contribution < 1.29 is 9.18 Å². The lowest BCUT2D eigenvalue weighted by molar-refractivity contribution is -0.117. The highest BCUT2D eigenvalue weighted by Gasteiger charge is 2.08. The zero-order valence-electron chi connectivity index (χ0n) is 13.3. The molecule has 0 fully saturated rings. The van der Waals surface area contributed by atoms with Crippen LogP contribution in [-0.2, 0) is 18.3 Å². The minimum absolute atomic E-state index is 0.173. The summed E-state index contributed by atoms with van der Waals surface area (Å²) in [6.07, 6.45) is 0.173. The predicted molar refractivity (Wildman–Crippen MR) is 90.9 cm³/mol. The van der Waals surface area contributed by atoms with Gasteiger partial charge in [0.25, 0.3) is 5.91 Å². The third-order valence-electron chi connectivity index (χ3n) is 3.72. The van der Waals surface area contributed by atoms with Crippen LogP contribution in [0.2, 0.25) is 0 Å². The van der Waals surface area contributed by atoms with Gasteiger partial charge in [0, 0.05) is 7.05 Å². The molecule has 0 bridgehead atoms. The van der Waals surface area contributed by atoms with Gasteiger partial charge in [-0.25, -0.2) is 4.39 Å². The maximum absolute atomic E-state index is 12.9. The number of hydrogen-bond acceptors (Lipinski definition) is 2. The lowest BCUT2D eigenvalue weighted by Crippen LogP contribution is -2.14. The second-order valence-corrected chi connectivity index (χ2v) is 6.69. The van der Waals surface area contributed by atoms with Crippen LogP contribution in [0, 0.1) is 19.7 Å². The summed E-state index contributed by atoms with van der Waals surface area (Å²) in [5, 5.41) is 0. The Morgan fingerprint density at radius 3 is 2.61 bits per heavy atom. The van der Waals surface area contributed by atoms with Crippen molar-refractivity contribution >= 4 is 27.5 Å². The standard InChI is InChI=1S/C18H17FN2OS/c1-11-8-12(2)17-15(9-11)23-18(21(17)3)20-16(22)10-13-4-6-14(19)7-5-13/h4-9H,10H2,1-3H3. The SMILES string of the molecule is Cc1cc(C)c2c(c1)sc(=NC(=O)Cc1ccc(F)cc1)n2C. The summed E-state index contributed by atoms with van der Waals surface area (Å²) in [5.41, 5.74) is 4.23. The zero-order chi connectivity index (χ0) is 16.6. The molecule has 0 spiro atoms. The molecule has 3 nitrogen and oxygen atoms in total. The second kappa shape index (κ2) is 6.08. The van der Waals surface area contributed by atoms with Gasteiger partial charge in [-0.3, -0.25) is 4.79 Å².